The van der Waals surface area contributed by atoms with E-state index in [-0.39, 0.29) is 0 Å². The first-order valence-electron chi connectivity index (χ1n) is 8.05. The lowest BCUT2D eigenvalue weighted by molar-refractivity contribution is 0.213. The molecule has 0 radical (unpaired) electrons. The summed E-state index contributed by atoms with van der Waals surface area (Å²) in [5.41, 5.74) is 2.79. The summed E-state index contributed by atoms with van der Waals surface area (Å²) in [6, 6.07) is 9.68. The summed E-state index contributed by atoms with van der Waals surface area (Å²) in [4.78, 5) is 2.53. The minimum Gasteiger partial charge on any atom is -0.312 e. The van der Waals surface area contributed by atoms with E-state index in [1.165, 1.54) is 24.1 Å². The van der Waals surface area contributed by atoms with E-state index in [1.807, 2.05) is 0 Å². The lowest BCUT2D eigenvalue weighted by Gasteiger charge is -2.26. The van der Waals surface area contributed by atoms with Crippen molar-refractivity contribution in [3.8, 4) is 0 Å². The minimum absolute atomic E-state index is 0.613. The van der Waals surface area contributed by atoms with E-state index in [2.05, 4.69) is 69.1 Å². The molecule has 0 spiro atoms. The highest BCUT2D eigenvalue weighted by Crippen LogP contribution is 2.10. The molecule has 0 heterocycles. The zero-order valence-corrected chi connectivity index (χ0v) is 13.9. The Balaban J connectivity index is 2.48. The predicted molar refractivity (Wildman–Crippen MR) is 88.8 cm³/mol. The molecule has 1 N–H and O–H groups in total. The first kappa shape index (κ1) is 17.2. The summed E-state index contributed by atoms with van der Waals surface area (Å²) in [6.07, 6.45) is 1.22. The van der Waals surface area contributed by atoms with Crippen molar-refractivity contribution in [3.05, 3.63) is 35.4 Å². The summed E-state index contributed by atoms with van der Waals surface area (Å²) in [7, 11) is 0. The quantitative estimate of drug-likeness (QED) is 0.732. The van der Waals surface area contributed by atoms with Crippen molar-refractivity contribution in [1.29, 1.82) is 0 Å². The van der Waals surface area contributed by atoms with Gasteiger partial charge in [-0.25, -0.2) is 0 Å². The normalized spacial score (nSPS) is 11.8. The van der Waals surface area contributed by atoms with E-state index in [9.17, 15) is 0 Å². The third-order valence-electron chi connectivity index (χ3n) is 3.53. The van der Waals surface area contributed by atoms with Crippen LogP contribution in [0.25, 0.3) is 0 Å². The minimum atomic E-state index is 0.613. The van der Waals surface area contributed by atoms with E-state index in [0.717, 1.165) is 19.6 Å². The van der Waals surface area contributed by atoms with Crippen molar-refractivity contribution in [2.75, 3.05) is 13.1 Å². The smallest absolute Gasteiger partial charge is 0.0236 e. The Bertz CT molecular complexity index is 354. The van der Waals surface area contributed by atoms with Crippen molar-refractivity contribution in [2.24, 2.45) is 5.92 Å². The largest absolute Gasteiger partial charge is 0.312 e. The molecule has 2 heteroatoms. The fourth-order valence-electron chi connectivity index (χ4n) is 2.31. The fraction of sp³-hybridized carbons (Fsp3) is 0.667. The maximum Gasteiger partial charge on any atom is 0.0236 e. The van der Waals surface area contributed by atoms with Gasteiger partial charge in [0, 0.05) is 19.1 Å². The van der Waals surface area contributed by atoms with Gasteiger partial charge in [-0.3, -0.25) is 4.90 Å². The second-order valence-electron chi connectivity index (χ2n) is 6.41. The summed E-state index contributed by atoms with van der Waals surface area (Å²) in [5.74, 6) is 0.711. The molecule has 2 nitrogen and oxygen atoms in total. The Morgan fingerprint density at radius 3 is 2.10 bits per heavy atom. The van der Waals surface area contributed by atoms with Gasteiger partial charge < -0.3 is 5.32 Å². The molecule has 0 saturated heterocycles. The molecular weight excluding hydrogens is 244 g/mol. The van der Waals surface area contributed by atoms with E-state index in [1.54, 1.807) is 0 Å². The Morgan fingerprint density at radius 2 is 1.60 bits per heavy atom. The van der Waals surface area contributed by atoms with Crippen LogP contribution in [0.3, 0.4) is 0 Å². The van der Waals surface area contributed by atoms with Crippen LogP contribution in [0, 0.1) is 5.92 Å². The van der Waals surface area contributed by atoms with E-state index in [0.29, 0.717) is 12.0 Å². The van der Waals surface area contributed by atoms with Crippen LogP contribution in [-0.2, 0) is 13.1 Å². The molecule has 0 saturated carbocycles. The summed E-state index contributed by atoms with van der Waals surface area (Å²) >= 11 is 0. The zero-order chi connectivity index (χ0) is 15.0. The lowest BCUT2D eigenvalue weighted by Crippen LogP contribution is -2.31. The molecule has 0 atom stereocenters. The van der Waals surface area contributed by atoms with Gasteiger partial charge in [-0.1, -0.05) is 45.0 Å². The number of nitrogens with zero attached hydrogens (tertiary/aromatic N) is 1. The zero-order valence-electron chi connectivity index (χ0n) is 13.9. The van der Waals surface area contributed by atoms with Gasteiger partial charge >= 0.3 is 0 Å². The van der Waals surface area contributed by atoms with Gasteiger partial charge in [0.1, 0.15) is 0 Å². The molecule has 0 unspecified atom stereocenters. The second-order valence-corrected chi connectivity index (χ2v) is 6.41. The molecule has 0 aliphatic rings. The molecule has 0 amide bonds. The molecule has 0 bridgehead atoms. The highest BCUT2D eigenvalue weighted by molar-refractivity contribution is 5.22. The molecule has 0 aromatic heterocycles. The van der Waals surface area contributed by atoms with Gasteiger partial charge in [-0.05, 0) is 50.4 Å². The SMILES string of the molecule is CCCN(Cc1ccc(CNCC(C)C)cc1)C(C)C. The van der Waals surface area contributed by atoms with Gasteiger partial charge in [-0.15, -0.1) is 0 Å². The molecule has 0 aliphatic carbocycles. The van der Waals surface area contributed by atoms with Gasteiger partial charge in [-0.2, -0.15) is 0 Å². The van der Waals surface area contributed by atoms with Crippen LogP contribution in [0.1, 0.15) is 52.2 Å². The van der Waals surface area contributed by atoms with Crippen molar-refractivity contribution in [2.45, 2.75) is 60.2 Å². The Kier molecular flexibility index (Phi) is 7.86. The summed E-state index contributed by atoms with van der Waals surface area (Å²) < 4.78 is 0. The molecule has 0 aliphatic heterocycles. The Labute approximate surface area is 125 Å². The van der Waals surface area contributed by atoms with Crippen LogP contribution >= 0.6 is 0 Å². The third-order valence-corrected chi connectivity index (χ3v) is 3.53. The van der Waals surface area contributed by atoms with Gasteiger partial charge in [0.15, 0.2) is 0 Å². The van der Waals surface area contributed by atoms with E-state index in [4.69, 9.17) is 0 Å². The molecule has 1 aromatic rings. The average Bonchev–Trinajstić information content (AvgIpc) is 2.39. The Morgan fingerprint density at radius 1 is 1.00 bits per heavy atom. The third kappa shape index (κ3) is 6.53. The average molecular weight is 276 g/mol. The first-order valence-corrected chi connectivity index (χ1v) is 8.05. The Hall–Kier alpha value is -0.860. The second kappa shape index (κ2) is 9.15. The van der Waals surface area contributed by atoms with Crippen molar-refractivity contribution < 1.29 is 0 Å². The summed E-state index contributed by atoms with van der Waals surface area (Å²) in [6.45, 7) is 15.6. The lowest BCUT2D eigenvalue weighted by atomic mass is 10.1. The molecule has 114 valence electrons. The fourth-order valence-corrected chi connectivity index (χ4v) is 2.31. The molecule has 1 rings (SSSR count). The van der Waals surface area contributed by atoms with Crippen LogP contribution in [-0.4, -0.2) is 24.0 Å². The standard InChI is InChI=1S/C18H32N2/c1-6-11-20(16(4)5)14-18-9-7-17(8-10-18)13-19-12-15(2)3/h7-10,15-16,19H,6,11-14H2,1-5H3. The molecular formula is C18H32N2. The van der Waals surface area contributed by atoms with Crippen molar-refractivity contribution in [3.63, 3.8) is 0 Å². The maximum absolute atomic E-state index is 3.49. The van der Waals surface area contributed by atoms with Gasteiger partial charge in [0.05, 0.1) is 0 Å². The molecule has 20 heavy (non-hydrogen) atoms. The molecule has 1 aromatic carbocycles. The monoisotopic (exact) mass is 276 g/mol. The maximum atomic E-state index is 3.49. The van der Waals surface area contributed by atoms with Crippen molar-refractivity contribution >= 4 is 0 Å². The van der Waals surface area contributed by atoms with E-state index >= 15 is 0 Å². The van der Waals surface area contributed by atoms with Crippen LogP contribution in [0.15, 0.2) is 24.3 Å². The number of benzene rings is 1. The highest BCUT2D eigenvalue weighted by Gasteiger charge is 2.08. The first-order chi connectivity index (χ1) is 9.52. The predicted octanol–water partition coefficient (Wildman–Crippen LogP) is 4.05. The molecule has 0 fully saturated rings. The van der Waals surface area contributed by atoms with E-state index < -0.39 is 0 Å². The summed E-state index contributed by atoms with van der Waals surface area (Å²) in [5, 5.41) is 3.49. The van der Waals surface area contributed by atoms with Gasteiger partial charge in [0.2, 0.25) is 0 Å². The number of hydrogen-bond donors (Lipinski definition) is 1. The van der Waals surface area contributed by atoms with Crippen LogP contribution < -0.4 is 5.32 Å². The number of hydrogen-bond acceptors (Lipinski definition) is 2. The van der Waals surface area contributed by atoms with Crippen LogP contribution in [0.4, 0.5) is 0 Å². The topological polar surface area (TPSA) is 15.3 Å². The highest BCUT2D eigenvalue weighted by atomic mass is 15.1. The van der Waals surface area contributed by atoms with Crippen LogP contribution in [0.5, 0.6) is 0 Å². The van der Waals surface area contributed by atoms with Crippen LogP contribution in [0.2, 0.25) is 0 Å². The number of rotatable bonds is 9. The van der Waals surface area contributed by atoms with Crippen molar-refractivity contribution in [1.82, 2.24) is 10.2 Å². The van der Waals surface area contributed by atoms with Gasteiger partial charge in [0.25, 0.3) is 0 Å². The number of nitrogens with one attached hydrogen (secondary N) is 1.